The fourth-order valence-corrected chi connectivity index (χ4v) is 11.1. The summed E-state index contributed by atoms with van der Waals surface area (Å²) in [6.45, 7) is 14.5. The van der Waals surface area contributed by atoms with E-state index in [1.807, 2.05) is 7.11 Å². The molecule has 0 radical (unpaired) electrons. The van der Waals surface area contributed by atoms with Crippen LogP contribution in [-0.4, -0.2) is 44.4 Å². The summed E-state index contributed by atoms with van der Waals surface area (Å²) in [5.41, 5.74) is 1.31. The summed E-state index contributed by atoms with van der Waals surface area (Å²) in [7, 11) is 3.68. The highest BCUT2D eigenvalue weighted by Gasteiger charge is 2.77. The Morgan fingerprint density at radius 1 is 0.943 bits per heavy atom. The molecule has 5 aliphatic rings. The van der Waals surface area contributed by atoms with Crippen LogP contribution in [0, 0.1) is 63.6 Å². The number of aliphatic hydroxyl groups is 1. The molecular weight excluding hydrogens is 436 g/mol. The molecule has 0 saturated heterocycles. The summed E-state index contributed by atoms with van der Waals surface area (Å²) in [5, 5.41) is 11.4. The Kier molecular flexibility index (Phi) is 6.98. The second kappa shape index (κ2) is 9.24. The van der Waals surface area contributed by atoms with Crippen molar-refractivity contribution in [2.75, 3.05) is 21.0 Å². The van der Waals surface area contributed by atoms with Crippen molar-refractivity contribution in [3.8, 4) is 0 Å². The molecule has 5 saturated carbocycles. The average molecular weight is 491 g/mol. The Labute approximate surface area is 215 Å². The highest BCUT2D eigenvalue weighted by molar-refractivity contribution is 5.26. The van der Waals surface area contributed by atoms with Gasteiger partial charge in [-0.15, -0.1) is 0 Å². The molecule has 13 atom stereocenters. The molecule has 0 amide bonds. The molecule has 4 heteroatoms. The maximum absolute atomic E-state index is 11.4. The highest BCUT2D eigenvalue weighted by Crippen LogP contribution is 2.82. The van der Waals surface area contributed by atoms with E-state index < -0.39 is 6.10 Å². The van der Waals surface area contributed by atoms with Crippen molar-refractivity contribution >= 4 is 0 Å². The van der Waals surface area contributed by atoms with Gasteiger partial charge in [0.15, 0.2) is 0 Å². The van der Waals surface area contributed by atoms with Crippen molar-refractivity contribution in [3.05, 3.63) is 0 Å². The van der Waals surface area contributed by atoms with Gasteiger partial charge in [-0.2, -0.15) is 0 Å². The Morgan fingerprint density at radius 2 is 1.69 bits per heavy atom. The minimum Gasteiger partial charge on any atom is -0.390 e. The van der Waals surface area contributed by atoms with Gasteiger partial charge in [0.05, 0.1) is 18.3 Å². The van der Waals surface area contributed by atoms with Gasteiger partial charge in [0, 0.05) is 19.6 Å². The molecule has 0 aromatic rings. The van der Waals surface area contributed by atoms with Crippen molar-refractivity contribution < 1.29 is 19.3 Å². The van der Waals surface area contributed by atoms with Gasteiger partial charge in [0.25, 0.3) is 0 Å². The van der Waals surface area contributed by atoms with Crippen LogP contribution in [0.25, 0.3) is 0 Å². The quantitative estimate of drug-likeness (QED) is 0.372. The van der Waals surface area contributed by atoms with Crippen LogP contribution in [0.2, 0.25) is 0 Å². The van der Waals surface area contributed by atoms with Crippen molar-refractivity contribution in [1.82, 2.24) is 0 Å². The summed E-state index contributed by atoms with van der Waals surface area (Å²) in [5.74, 6) is 4.91. The fraction of sp³-hybridized carbons (Fsp3) is 1.00. The van der Waals surface area contributed by atoms with Gasteiger partial charge in [-0.1, -0.05) is 41.5 Å². The highest BCUT2D eigenvalue weighted by atomic mass is 16.7. The van der Waals surface area contributed by atoms with E-state index in [4.69, 9.17) is 14.2 Å². The maximum Gasteiger partial charge on any atom is 0.146 e. The Bertz CT molecular complexity index is 769. The minimum absolute atomic E-state index is 0.174. The van der Waals surface area contributed by atoms with E-state index in [2.05, 4.69) is 41.5 Å². The molecule has 0 bridgehead atoms. The van der Waals surface area contributed by atoms with Gasteiger partial charge in [-0.05, 0) is 110 Å². The first-order valence-corrected chi connectivity index (χ1v) is 14.9. The molecule has 1 N–H and O–H groups in total. The number of fused-ring (bicyclic) bond motifs is 4. The van der Waals surface area contributed by atoms with Crippen LogP contribution in [0.4, 0.5) is 0 Å². The van der Waals surface area contributed by atoms with Gasteiger partial charge in [-0.25, -0.2) is 0 Å². The topological polar surface area (TPSA) is 47.9 Å². The van der Waals surface area contributed by atoms with E-state index in [0.717, 1.165) is 23.7 Å². The van der Waals surface area contributed by atoms with Crippen molar-refractivity contribution in [3.63, 3.8) is 0 Å². The predicted octanol–water partition coefficient (Wildman–Crippen LogP) is 6.55. The second-order valence-electron chi connectivity index (χ2n) is 14.5. The lowest BCUT2D eigenvalue weighted by Crippen LogP contribution is -2.57. The van der Waals surface area contributed by atoms with Gasteiger partial charge >= 0.3 is 0 Å². The number of methoxy groups -OCH3 is 2. The number of hydrogen-bond donors (Lipinski definition) is 1. The minimum atomic E-state index is -0.462. The smallest absolute Gasteiger partial charge is 0.146 e. The summed E-state index contributed by atoms with van der Waals surface area (Å²) < 4.78 is 17.9. The fourth-order valence-electron chi connectivity index (χ4n) is 11.1. The maximum atomic E-state index is 11.4. The zero-order chi connectivity index (χ0) is 25.3. The molecule has 0 heterocycles. The predicted molar refractivity (Wildman–Crippen MR) is 140 cm³/mol. The zero-order valence-electron chi connectivity index (χ0n) is 23.9. The van der Waals surface area contributed by atoms with Gasteiger partial charge in [-0.3, -0.25) is 0 Å². The van der Waals surface area contributed by atoms with Crippen LogP contribution in [0.3, 0.4) is 0 Å². The number of aliphatic hydroxyl groups excluding tert-OH is 1. The standard InChI is InChI=1S/C31H54O4/c1-18(2)19(3)27(32)28(35-17-33-7)20(4)23-9-10-24-22-15-26(34-8)31-16-21(31)11-14-30(31,6)25(22)12-13-29(23,24)5/h18-28,32H,9-17H2,1-8H3/t19-,20-,21+,22-,23+,24-,25-,26+,27+,28+,29+,30+,31-/m0/s1. The first-order chi connectivity index (χ1) is 16.6. The normalized spacial score (nSPS) is 49.5. The second-order valence-corrected chi connectivity index (χ2v) is 14.5. The van der Waals surface area contributed by atoms with Crippen LogP contribution in [-0.2, 0) is 14.2 Å². The monoisotopic (exact) mass is 490 g/mol. The van der Waals surface area contributed by atoms with E-state index in [1.54, 1.807) is 7.11 Å². The lowest BCUT2D eigenvalue weighted by molar-refractivity contribution is -0.176. The Balaban J connectivity index is 1.39. The first-order valence-electron chi connectivity index (χ1n) is 14.9. The van der Waals surface area contributed by atoms with Crippen LogP contribution >= 0.6 is 0 Å². The van der Waals surface area contributed by atoms with Crippen LogP contribution in [0.5, 0.6) is 0 Å². The third-order valence-electron chi connectivity index (χ3n) is 13.4. The van der Waals surface area contributed by atoms with Crippen molar-refractivity contribution in [2.45, 2.75) is 111 Å². The molecule has 1 spiro atoms. The lowest BCUT2D eigenvalue weighted by Gasteiger charge is -2.61. The van der Waals surface area contributed by atoms with E-state index in [-0.39, 0.29) is 18.8 Å². The number of rotatable bonds is 9. The van der Waals surface area contributed by atoms with Crippen LogP contribution in [0.15, 0.2) is 0 Å². The molecule has 0 aromatic heterocycles. The van der Waals surface area contributed by atoms with Crippen LogP contribution < -0.4 is 0 Å². The SMILES string of the molecule is COCO[C@H]([C@@H](C)[C@H]1CC[C@H]2[C@@H]3C[C@@H](OC)[C@]45C[C@H]4CC[C@]5(C)[C@H]3CC[C@]12C)[C@H](O)[C@@H](C)C(C)C. The van der Waals surface area contributed by atoms with E-state index in [0.29, 0.717) is 40.1 Å². The summed E-state index contributed by atoms with van der Waals surface area (Å²) >= 11 is 0. The third kappa shape index (κ3) is 3.66. The molecule has 0 aliphatic heterocycles. The molecule has 0 unspecified atom stereocenters. The molecular formula is C31H54O4. The number of hydrogen-bond acceptors (Lipinski definition) is 4. The average Bonchev–Trinajstić information content (AvgIpc) is 3.34. The Morgan fingerprint density at radius 3 is 2.31 bits per heavy atom. The largest absolute Gasteiger partial charge is 0.390 e. The lowest BCUT2D eigenvalue weighted by atomic mass is 9.45. The van der Waals surface area contributed by atoms with E-state index in [9.17, 15) is 5.11 Å². The van der Waals surface area contributed by atoms with Gasteiger partial charge < -0.3 is 19.3 Å². The molecule has 5 aliphatic carbocycles. The summed E-state index contributed by atoms with van der Waals surface area (Å²) in [6, 6.07) is 0. The molecule has 202 valence electrons. The molecule has 35 heavy (non-hydrogen) atoms. The molecule has 5 fully saturated rings. The third-order valence-corrected chi connectivity index (χ3v) is 13.4. The van der Waals surface area contributed by atoms with Crippen molar-refractivity contribution in [2.24, 2.45) is 63.6 Å². The van der Waals surface area contributed by atoms with E-state index in [1.165, 1.54) is 51.4 Å². The summed E-state index contributed by atoms with van der Waals surface area (Å²) in [6.07, 6.45) is 10.7. The van der Waals surface area contributed by atoms with Gasteiger partial charge in [0.2, 0.25) is 0 Å². The first kappa shape index (κ1) is 26.4. The summed E-state index contributed by atoms with van der Waals surface area (Å²) in [4.78, 5) is 0. The van der Waals surface area contributed by atoms with Crippen LogP contribution in [0.1, 0.15) is 92.9 Å². The molecule has 5 rings (SSSR count). The number of ether oxygens (including phenoxy) is 3. The Hall–Kier alpha value is -0.160. The van der Waals surface area contributed by atoms with E-state index >= 15 is 0 Å². The molecule has 0 aromatic carbocycles. The van der Waals surface area contributed by atoms with Crippen molar-refractivity contribution in [1.29, 1.82) is 0 Å². The van der Waals surface area contributed by atoms with Gasteiger partial charge in [0.1, 0.15) is 6.79 Å². The zero-order valence-corrected chi connectivity index (χ0v) is 23.9. The molecule has 4 nitrogen and oxygen atoms in total.